The van der Waals surface area contributed by atoms with Crippen molar-refractivity contribution in [2.45, 2.75) is 0 Å². The molecule has 96 heavy (non-hydrogen) atoms. The maximum Gasteiger partial charge on any atom is 0.164 e. The van der Waals surface area contributed by atoms with Gasteiger partial charge in [0.1, 0.15) is 22.3 Å². The molecule has 0 bridgehead atoms. The number of fused-ring (bicyclic) bond motifs is 14. The Morgan fingerprint density at radius 1 is 0.229 bits per heavy atom. The molecule has 0 fully saturated rings. The lowest BCUT2D eigenvalue weighted by Crippen LogP contribution is -2.01. The lowest BCUT2D eigenvalue weighted by Gasteiger charge is -2.12. The van der Waals surface area contributed by atoms with Gasteiger partial charge < -0.3 is 13.3 Å². The molecule has 20 aromatic rings. The minimum atomic E-state index is 0.507. The fraction of sp³-hybridized carbons (Fsp3) is 0. The van der Waals surface area contributed by atoms with Crippen LogP contribution in [0, 0.1) is 0 Å². The summed E-state index contributed by atoms with van der Waals surface area (Å²) >= 11 is 1.78. The Morgan fingerprint density at radius 3 is 1.35 bits per heavy atom. The van der Waals surface area contributed by atoms with E-state index in [-0.39, 0.29) is 0 Å². The summed E-state index contributed by atoms with van der Waals surface area (Å²) in [6, 6.07) is 88.4. The van der Waals surface area contributed by atoms with Crippen LogP contribution >= 0.6 is 11.3 Å². The first kappa shape index (κ1) is 53.7. The molecule has 0 atom stereocenters. The zero-order valence-electron chi connectivity index (χ0n) is 50.8. The highest BCUT2D eigenvalue weighted by Crippen LogP contribution is 2.48. The van der Waals surface area contributed by atoms with Crippen molar-refractivity contribution in [2.24, 2.45) is 0 Å². The highest BCUT2D eigenvalue weighted by molar-refractivity contribution is 7.26. The van der Waals surface area contributed by atoms with E-state index in [0.717, 1.165) is 152 Å². The third kappa shape index (κ3) is 8.80. The molecule has 0 saturated heterocycles. The van der Waals surface area contributed by atoms with Crippen LogP contribution in [0.25, 0.3) is 209 Å². The van der Waals surface area contributed by atoms with Crippen LogP contribution in [0.4, 0.5) is 0 Å². The van der Waals surface area contributed by atoms with Gasteiger partial charge in [-0.15, -0.1) is 11.3 Å². The van der Waals surface area contributed by atoms with E-state index in [4.69, 9.17) is 43.2 Å². The van der Waals surface area contributed by atoms with Gasteiger partial charge in [0.2, 0.25) is 0 Å². The van der Waals surface area contributed by atoms with Gasteiger partial charge in [0.25, 0.3) is 0 Å². The molecule has 11 nitrogen and oxygen atoms in total. The normalized spacial score (nSPS) is 12.0. The minimum absolute atomic E-state index is 0.507. The van der Waals surface area contributed by atoms with Crippen LogP contribution in [0.2, 0.25) is 0 Å². The summed E-state index contributed by atoms with van der Waals surface area (Å²) < 4.78 is 22.3. The van der Waals surface area contributed by atoms with E-state index in [9.17, 15) is 0 Å². The number of nitrogens with zero attached hydrogens (tertiary/aromatic N) is 8. The van der Waals surface area contributed by atoms with Crippen molar-refractivity contribution in [1.29, 1.82) is 0 Å². The van der Waals surface area contributed by atoms with Crippen LogP contribution in [0.3, 0.4) is 0 Å². The second kappa shape index (κ2) is 21.3. The standard InChI is InChI=1S/C84H46N8O3S/c1-3-15-48(16-4-1)79-87-81(91-83(89-79)65-39-57(42-69-76(65)61-32-34-85-45-71(61)94-69)59-24-12-26-67-75(59)64-38-52-20-9-10-21-53(52)41-68(64)93-67)55-23-11-22-51(37-55)54-30-31-63-74(44-54)96-73-27-13-25-60(78(63)73)58-40-66(77-62-33-35-86-46-72(62)95-70(77)43-58)84-90-80(49-17-5-2-6-18-49)88-82(92-84)56-29-28-47-14-7-8-19-50(47)36-56/h1-46H. The van der Waals surface area contributed by atoms with Crippen molar-refractivity contribution < 1.29 is 13.3 Å². The smallest absolute Gasteiger partial charge is 0.164 e. The van der Waals surface area contributed by atoms with Gasteiger partial charge in [-0.3, -0.25) is 9.97 Å². The number of thiophene rings is 1. The number of aromatic nitrogens is 8. The van der Waals surface area contributed by atoms with E-state index in [1.54, 1.807) is 36.1 Å². The zero-order chi connectivity index (χ0) is 63.0. The molecule has 0 saturated carbocycles. The number of rotatable bonds is 9. The Hall–Kier alpha value is -12.9. The van der Waals surface area contributed by atoms with E-state index in [0.29, 0.717) is 57.3 Å². The van der Waals surface area contributed by atoms with Crippen molar-refractivity contribution in [3.8, 4) is 102 Å². The number of benzene rings is 12. The van der Waals surface area contributed by atoms with E-state index >= 15 is 0 Å². The summed E-state index contributed by atoms with van der Waals surface area (Å²) in [7, 11) is 0. The van der Waals surface area contributed by atoms with Crippen LogP contribution in [-0.4, -0.2) is 39.9 Å². The molecule has 0 radical (unpaired) electrons. The summed E-state index contributed by atoms with van der Waals surface area (Å²) in [6.07, 6.45) is 7.14. The predicted molar refractivity (Wildman–Crippen MR) is 387 cm³/mol. The SMILES string of the molecule is c1ccc(-c2nc(-c3cccc(-c4ccc5c(c4)sc4cccc(-c6cc(-c7nc(-c8ccccc8)nc(-c8ccc9ccccc9c8)n7)c7c(c6)oc6cnccc67)c45)c3)nc(-c3cc(-c4cccc5oc6cc7ccccc7cc6c45)cc4oc5cnccc5c34)n2)cc1. The summed E-state index contributed by atoms with van der Waals surface area (Å²) in [6.45, 7) is 0. The predicted octanol–water partition coefficient (Wildman–Crippen LogP) is 22.2. The molecule has 0 aliphatic carbocycles. The van der Waals surface area contributed by atoms with Crippen LogP contribution in [0.1, 0.15) is 0 Å². The Balaban J connectivity index is 0.718. The van der Waals surface area contributed by atoms with Crippen LogP contribution in [-0.2, 0) is 0 Å². The summed E-state index contributed by atoms with van der Waals surface area (Å²) in [5.41, 5.74) is 15.5. The molecule has 8 heterocycles. The van der Waals surface area contributed by atoms with Gasteiger partial charge in [-0.2, -0.15) is 0 Å². The molecule has 8 aromatic heterocycles. The molecule has 0 amide bonds. The average molecular weight is 1250 g/mol. The van der Waals surface area contributed by atoms with Gasteiger partial charge in [-0.25, -0.2) is 29.9 Å². The Labute approximate surface area is 550 Å². The molecule has 12 aromatic carbocycles. The lowest BCUT2D eigenvalue weighted by atomic mass is 9.94. The lowest BCUT2D eigenvalue weighted by molar-refractivity contribution is 0.666. The average Bonchev–Trinajstić information content (AvgIpc) is 1.63. The summed E-state index contributed by atoms with van der Waals surface area (Å²) in [5.74, 6) is 3.28. The molecular formula is C84H46N8O3S. The molecule has 0 spiro atoms. The second-order valence-corrected chi connectivity index (χ2v) is 25.3. The number of pyridine rings is 2. The number of furan rings is 3. The van der Waals surface area contributed by atoms with Gasteiger partial charge in [0.05, 0.1) is 12.4 Å². The monoisotopic (exact) mass is 1250 g/mol. The fourth-order valence-electron chi connectivity index (χ4n) is 14.0. The second-order valence-electron chi connectivity index (χ2n) is 24.2. The number of hydrogen-bond acceptors (Lipinski definition) is 12. The largest absolute Gasteiger partial charge is 0.456 e. The molecule has 20 rings (SSSR count). The maximum absolute atomic E-state index is 6.73. The maximum atomic E-state index is 6.73. The third-order valence-electron chi connectivity index (χ3n) is 18.5. The Morgan fingerprint density at radius 2 is 0.708 bits per heavy atom. The zero-order valence-corrected chi connectivity index (χ0v) is 51.6. The first-order valence-electron chi connectivity index (χ1n) is 31.6. The third-order valence-corrected chi connectivity index (χ3v) is 19.6. The Bertz CT molecular complexity index is 6610. The van der Waals surface area contributed by atoms with Gasteiger partial charge in [-0.1, -0.05) is 176 Å². The first-order valence-corrected chi connectivity index (χ1v) is 32.5. The molecule has 0 aliphatic heterocycles. The molecule has 0 N–H and O–H groups in total. The highest BCUT2D eigenvalue weighted by Gasteiger charge is 2.25. The van der Waals surface area contributed by atoms with Crippen molar-refractivity contribution >= 4 is 119 Å². The molecular weight excluding hydrogens is 1200 g/mol. The first-order chi connectivity index (χ1) is 47.5. The van der Waals surface area contributed by atoms with E-state index in [1.165, 1.54) is 0 Å². The molecule has 0 unspecified atom stereocenters. The van der Waals surface area contributed by atoms with Crippen LogP contribution in [0.15, 0.2) is 293 Å². The summed E-state index contributed by atoms with van der Waals surface area (Å²) in [4.78, 5) is 40.8. The van der Waals surface area contributed by atoms with Crippen molar-refractivity contribution in [1.82, 2.24) is 39.9 Å². The van der Waals surface area contributed by atoms with Gasteiger partial charge in [0.15, 0.2) is 46.1 Å². The Kier molecular flexibility index (Phi) is 11.9. The van der Waals surface area contributed by atoms with E-state index in [1.807, 2.05) is 84.9 Å². The van der Waals surface area contributed by atoms with Gasteiger partial charge in [0, 0.05) is 98.3 Å². The van der Waals surface area contributed by atoms with Crippen molar-refractivity contribution in [3.05, 3.63) is 280 Å². The number of hydrogen-bond donors (Lipinski definition) is 0. The van der Waals surface area contributed by atoms with E-state index < -0.39 is 0 Å². The summed E-state index contributed by atoms with van der Waals surface area (Å²) in [5, 5.41) is 12.5. The fourth-order valence-corrected chi connectivity index (χ4v) is 15.2. The minimum Gasteiger partial charge on any atom is -0.456 e. The quantitative estimate of drug-likeness (QED) is 0.136. The topological polar surface area (TPSA) is 143 Å². The molecule has 12 heteroatoms. The van der Waals surface area contributed by atoms with Gasteiger partial charge in [-0.05, 0) is 134 Å². The van der Waals surface area contributed by atoms with Gasteiger partial charge >= 0.3 is 0 Å². The molecule has 0 aliphatic rings. The highest BCUT2D eigenvalue weighted by atomic mass is 32.1. The van der Waals surface area contributed by atoms with E-state index in [2.05, 4.69) is 180 Å². The van der Waals surface area contributed by atoms with Crippen LogP contribution < -0.4 is 0 Å². The van der Waals surface area contributed by atoms with Crippen molar-refractivity contribution in [3.63, 3.8) is 0 Å². The molecule has 446 valence electrons. The van der Waals surface area contributed by atoms with Crippen molar-refractivity contribution in [2.75, 3.05) is 0 Å². The van der Waals surface area contributed by atoms with Crippen LogP contribution in [0.5, 0.6) is 0 Å².